The van der Waals surface area contributed by atoms with Crippen LogP contribution in [0.15, 0.2) is 40.5 Å². The molecule has 0 aromatic carbocycles. The van der Waals surface area contributed by atoms with Gasteiger partial charge in [0.15, 0.2) is 17.1 Å². The first-order valence-electron chi connectivity index (χ1n) is 12.7. The Morgan fingerprint density at radius 3 is 2.61 bits per heavy atom. The van der Waals surface area contributed by atoms with Crippen LogP contribution in [0.3, 0.4) is 0 Å². The number of ether oxygens (including phenoxy) is 1. The average Bonchev–Trinajstić information content (AvgIpc) is 3.37. The van der Waals surface area contributed by atoms with Crippen molar-refractivity contribution in [1.82, 2.24) is 0 Å². The van der Waals surface area contributed by atoms with Crippen LogP contribution in [0.5, 0.6) is 0 Å². The summed E-state index contributed by atoms with van der Waals surface area (Å²) in [6, 6.07) is 0.340. The molecule has 0 bridgehead atoms. The summed E-state index contributed by atoms with van der Waals surface area (Å²) >= 11 is 0.363. The average molecular weight is 553 g/mol. The maximum atomic E-state index is 17.4. The lowest BCUT2D eigenvalue weighted by Crippen LogP contribution is -2.70. The van der Waals surface area contributed by atoms with Crippen LogP contribution in [0.2, 0.25) is 0 Å². The first kappa shape index (κ1) is 27.2. The standard InChI is InChI=1S/C28H31F3O6S/c1-14-9-18-19-11-21(30)20-10-16(32)5-7-25(20,3)27(19,31)22(33)12-26(18,4)28(14,24(35)38-13-29)37-23(34)17-6-8-36-15(17)2/h5-8,10,14,18-19,21-22,33H,9,11-13H2,1-4H3/t14?,18-,19-,21?,22?,25-,26-,27?,28?/m0/s1. The van der Waals surface area contributed by atoms with Gasteiger partial charge in [-0.3, -0.25) is 9.59 Å². The Labute approximate surface area is 223 Å². The molecular weight excluding hydrogens is 521 g/mol. The highest BCUT2D eigenvalue weighted by Crippen LogP contribution is 2.72. The number of aryl methyl sites for hydroxylation is 1. The smallest absolute Gasteiger partial charge is 0.342 e. The fourth-order valence-electron chi connectivity index (χ4n) is 8.17. The summed E-state index contributed by atoms with van der Waals surface area (Å²) in [5, 5.41) is 10.8. The topological polar surface area (TPSA) is 93.8 Å². The summed E-state index contributed by atoms with van der Waals surface area (Å²) in [5.74, 6) is -3.44. The number of esters is 1. The number of hydrogen-bond acceptors (Lipinski definition) is 7. The molecule has 0 radical (unpaired) electrons. The van der Waals surface area contributed by atoms with Crippen molar-refractivity contribution in [3.05, 3.63) is 47.5 Å². The predicted molar refractivity (Wildman–Crippen MR) is 133 cm³/mol. The molecule has 3 saturated carbocycles. The van der Waals surface area contributed by atoms with Gasteiger partial charge in [-0.25, -0.2) is 18.0 Å². The molecule has 4 aliphatic rings. The maximum absolute atomic E-state index is 17.4. The van der Waals surface area contributed by atoms with Crippen molar-refractivity contribution in [2.75, 3.05) is 6.01 Å². The van der Waals surface area contributed by atoms with Gasteiger partial charge in [-0.2, -0.15) is 0 Å². The van der Waals surface area contributed by atoms with E-state index >= 15 is 8.78 Å². The van der Waals surface area contributed by atoms with Gasteiger partial charge in [0.2, 0.25) is 5.12 Å². The highest BCUT2D eigenvalue weighted by molar-refractivity contribution is 8.13. The van der Waals surface area contributed by atoms with Gasteiger partial charge in [-0.1, -0.05) is 19.9 Å². The largest absolute Gasteiger partial charge is 0.469 e. The molecule has 206 valence electrons. The zero-order chi connectivity index (χ0) is 27.8. The van der Waals surface area contributed by atoms with Gasteiger partial charge in [-0.15, -0.1) is 0 Å². The quantitative estimate of drug-likeness (QED) is 0.511. The molecule has 10 heteroatoms. The molecule has 0 aliphatic heterocycles. The van der Waals surface area contributed by atoms with Gasteiger partial charge in [0.05, 0.1) is 12.4 Å². The minimum atomic E-state index is -2.35. The van der Waals surface area contributed by atoms with Crippen molar-refractivity contribution in [3.63, 3.8) is 0 Å². The number of fused-ring (bicyclic) bond motifs is 5. The number of rotatable bonds is 4. The SMILES string of the molecule is Cc1occc1C(=O)OC1(C(=O)SCF)C(C)C[C@H]2[C@@H]3CC(F)C4=CC(=O)C=C[C@]4(C)C3(F)C(O)C[C@@]21C. The zero-order valence-electron chi connectivity index (χ0n) is 21.6. The van der Waals surface area contributed by atoms with E-state index < -0.39 is 75.0 Å². The number of carbonyl (C=O) groups is 3. The lowest BCUT2D eigenvalue weighted by atomic mass is 9.44. The molecule has 3 fully saturated rings. The molecule has 0 amide bonds. The number of halogens is 3. The molecule has 6 nitrogen and oxygen atoms in total. The van der Waals surface area contributed by atoms with Crippen LogP contribution in [0.25, 0.3) is 0 Å². The maximum Gasteiger partial charge on any atom is 0.342 e. The van der Waals surface area contributed by atoms with Gasteiger partial charge in [0, 0.05) is 22.7 Å². The number of aliphatic hydroxyl groups is 1. The normalized spacial score (nSPS) is 43.6. The number of thioether (sulfide) groups is 1. The number of aliphatic hydroxyl groups excluding tert-OH is 1. The van der Waals surface area contributed by atoms with Gasteiger partial charge >= 0.3 is 5.97 Å². The van der Waals surface area contributed by atoms with Gasteiger partial charge < -0.3 is 14.3 Å². The Morgan fingerprint density at radius 2 is 1.97 bits per heavy atom. The van der Waals surface area contributed by atoms with E-state index in [0.29, 0.717) is 11.8 Å². The molecule has 1 aromatic rings. The molecule has 1 aromatic heterocycles. The molecule has 1 N–H and O–H groups in total. The second-order valence-electron chi connectivity index (χ2n) is 11.6. The summed E-state index contributed by atoms with van der Waals surface area (Å²) < 4.78 is 57.9. The minimum Gasteiger partial charge on any atom is -0.469 e. The first-order valence-corrected chi connectivity index (χ1v) is 13.7. The number of furan rings is 1. The summed E-state index contributed by atoms with van der Waals surface area (Å²) in [6.07, 6.45) is 1.22. The van der Waals surface area contributed by atoms with Crippen molar-refractivity contribution < 1.29 is 41.8 Å². The number of hydrogen-bond donors (Lipinski definition) is 1. The highest BCUT2D eigenvalue weighted by Gasteiger charge is 2.78. The summed E-state index contributed by atoms with van der Waals surface area (Å²) in [4.78, 5) is 39.0. The van der Waals surface area contributed by atoms with E-state index in [2.05, 4.69) is 0 Å². The first-order chi connectivity index (χ1) is 17.8. The van der Waals surface area contributed by atoms with Crippen molar-refractivity contribution >= 4 is 28.6 Å². The van der Waals surface area contributed by atoms with Gasteiger partial charge in [0.1, 0.15) is 23.5 Å². The fraction of sp³-hybridized carbons (Fsp3) is 0.607. The van der Waals surface area contributed by atoms with Crippen LogP contribution in [0.1, 0.15) is 56.2 Å². The lowest BCUT2D eigenvalue weighted by molar-refractivity contribution is -0.221. The van der Waals surface area contributed by atoms with Crippen LogP contribution >= 0.6 is 11.8 Å². The monoisotopic (exact) mass is 552 g/mol. The van der Waals surface area contributed by atoms with Gasteiger partial charge in [-0.05, 0) is 74.6 Å². The van der Waals surface area contributed by atoms with Crippen molar-refractivity contribution in [1.29, 1.82) is 0 Å². The van der Waals surface area contributed by atoms with Crippen LogP contribution in [0.4, 0.5) is 13.2 Å². The number of carbonyl (C=O) groups excluding carboxylic acids is 3. The molecule has 5 rings (SSSR count). The Bertz CT molecular complexity index is 1260. The van der Waals surface area contributed by atoms with Crippen LogP contribution in [-0.2, 0) is 14.3 Å². The highest BCUT2D eigenvalue weighted by atomic mass is 32.2. The molecule has 4 aliphatic carbocycles. The van der Waals surface area contributed by atoms with Gasteiger partial charge in [0.25, 0.3) is 0 Å². The Kier molecular flexibility index (Phi) is 6.34. The Balaban J connectivity index is 1.64. The summed E-state index contributed by atoms with van der Waals surface area (Å²) in [5.41, 5.74) is -7.07. The molecule has 9 atom stereocenters. The molecule has 0 spiro atoms. The summed E-state index contributed by atoms with van der Waals surface area (Å²) in [6.45, 7) is 6.38. The van der Waals surface area contributed by atoms with E-state index in [0.717, 1.165) is 6.08 Å². The van der Waals surface area contributed by atoms with E-state index in [1.807, 2.05) is 0 Å². The third-order valence-electron chi connectivity index (χ3n) is 9.99. The Hall–Kier alpha value is -2.33. The number of ketones is 1. The third-order valence-corrected chi connectivity index (χ3v) is 10.7. The van der Waals surface area contributed by atoms with E-state index in [9.17, 15) is 23.9 Å². The van der Waals surface area contributed by atoms with Crippen molar-refractivity contribution in [2.45, 2.75) is 70.5 Å². The lowest BCUT2D eigenvalue weighted by Gasteiger charge is -2.63. The molecule has 0 saturated heterocycles. The zero-order valence-corrected chi connectivity index (χ0v) is 22.4. The second kappa shape index (κ2) is 8.84. The summed E-state index contributed by atoms with van der Waals surface area (Å²) in [7, 11) is 0. The molecule has 5 unspecified atom stereocenters. The van der Waals surface area contributed by atoms with Crippen LogP contribution < -0.4 is 0 Å². The predicted octanol–water partition coefficient (Wildman–Crippen LogP) is 5.24. The van der Waals surface area contributed by atoms with E-state index in [-0.39, 0.29) is 36.2 Å². The third kappa shape index (κ3) is 3.28. The van der Waals surface area contributed by atoms with E-state index in [1.165, 1.54) is 31.4 Å². The minimum absolute atomic E-state index is 0.00497. The Morgan fingerprint density at radius 1 is 1.26 bits per heavy atom. The number of alkyl halides is 3. The molecule has 38 heavy (non-hydrogen) atoms. The molecule has 1 heterocycles. The van der Waals surface area contributed by atoms with E-state index in [1.54, 1.807) is 20.8 Å². The number of allylic oxidation sites excluding steroid dienone is 4. The molecular formula is C28H31F3O6S. The fourth-order valence-corrected chi connectivity index (χ4v) is 8.96. The van der Waals surface area contributed by atoms with Crippen molar-refractivity contribution in [3.8, 4) is 0 Å². The van der Waals surface area contributed by atoms with Crippen molar-refractivity contribution in [2.24, 2.45) is 28.6 Å². The van der Waals surface area contributed by atoms with E-state index in [4.69, 9.17) is 9.15 Å². The van der Waals surface area contributed by atoms with Crippen LogP contribution in [-0.4, -0.2) is 51.5 Å². The van der Waals surface area contributed by atoms with Crippen LogP contribution in [0, 0.1) is 35.5 Å². The second-order valence-corrected chi connectivity index (χ2v) is 12.4.